The van der Waals surface area contributed by atoms with Gasteiger partial charge in [0.15, 0.2) is 0 Å². The Morgan fingerprint density at radius 1 is 1.00 bits per heavy atom. The minimum absolute atomic E-state index is 0.512. The van der Waals surface area contributed by atoms with Crippen molar-refractivity contribution in [2.24, 2.45) is 10.8 Å². The number of rotatable bonds is 3. The van der Waals surface area contributed by atoms with Crippen molar-refractivity contribution in [2.45, 2.75) is 66.1 Å². The predicted octanol–water partition coefficient (Wildman–Crippen LogP) is 4.80. The van der Waals surface area contributed by atoms with E-state index in [1.807, 2.05) is 4.90 Å². The average Bonchev–Trinajstić information content (AvgIpc) is 3.04. The number of hydrogen-bond acceptors (Lipinski definition) is 0. The van der Waals surface area contributed by atoms with Gasteiger partial charge < -0.3 is 9.47 Å². The zero-order valence-corrected chi connectivity index (χ0v) is 17.3. The molecular weight excluding hydrogens is 328 g/mol. The van der Waals surface area contributed by atoms with Crippen LogP contribution in [0, 0.1) is 10.8 Å². The van der Waals surface area contributed by atoms with Crippen LogP contribution in [0.4, 0.5) is 0 Å². The first-order chi connectivity index (χ1) is 12.9. The summed E-state index contributed by atoms with van der Waals surface area (Å²) in [5, 5.41) is 2.83. The molecule has 2 heteroatoms. The van der Waals surface area contributed by atoms with Crippen molar-refractivity contribution in [3.05, 3.63) is 48.0 Å². The maximum absolute atomic E-state index is 2.53. The molecule has 1 aliphatic carbocycles. The molecule has 2 nitrogen and oxygen atoms in total. The molecule has 1 saturated carbocycles. The molecule has 2 bridgehead atoms. The number of aryl methyl sites for hydroxylation is 1. The Hall–Kier alpha value is -1.80. The van der Waals surface area contributed by atoms with Gasteiger partial charge in [0.1, 0.15) is 6.54 Å². The summed E-state index contributed by atoms with van der Waals surface area (Å²) in [4.78, 5) is 1.82. The molecule has 1 aliphatic heterocycles. The average molecular weight is 362 g/mol. The zero-order chi connectivity index (χ0) is 18.8. The number of nitrogens with one attached hydrogen (secondary N) is 1. The lowest BCUT2D eigenvalue weighted by molar-refractivity contribution is -0.928. The fraction of sp³-hybridized carbons (Fsp3) is 0.520. The van der Waals surface area contributed by atoms with Gasteiger partial charge in [-0.15, -0.1) is 0 Å². The van der Waals surface area contributed by atoms with E-state index < -0.39 is 0 Å². The van der Waals surface area contributed by atoms with Crippen LogP contribution >= 0.6 is 0 Å². The second-order valence-corrected chi connectivity index (χ2v) is 10.4. The number of nitrogens with zero attached hydrogens (tertiary/aromatic N) is 1. The molecule has 27 heavy (non-hydrogen) atoms. The van der Waals surface area contributed by atoms with Crippen molar-refractivity contribution in [2.75, 3.05) is 6.54 Å². The summed E-state index contributed by atoms with van der Waals surface area (Å²) in [7, 11) is 0. The first-order valence-electron chi connectivity index (χ1n) is 10.7. The van der Waals surface area contributed by atoms with Crippen molar-refractivity contribution in [3.8, 4) is 0 Å². The fourth-order valence-corrected chi connectivity index (χ4v) is 6.77. The lowest BCUT2D eigenvalue weighted by Crippen LogP contribution is -3.12. The predicted molar refractivity (Wildman–Crippen MR) is 114 cm³/mol. The first-order valence-corrected chi connectivity index (χ1v) is 10.7. The number of benzene rings is 2. The molecule has 3 atom stereocenters. The Kier molecular flexibility index (Phi) is 3.75. The minimum atomic E-state index is 0.512. The summed E-state index contributed by atoms with van der Waals surface area (Å²) in [5.41, 5.74) is 5.31. The van der Waals surface area contributed by atoms with Gasteiger partial charge in [-0.1, -0.05) is 45.0 Å². The van der Waals surface area contributed by atoms with Gasteiger partial charge in [0.05, 0.1) is 12.6 Å². The highest BCUT2D eigenvalue weighted by Crippen LogP contribution is 2.47. The van der Waals surface area contributed by atoms with Crippen LogP contribution < -0.4 is 4.90 Å². The van der Waals surface area contributed by atoms with Crippen molar-refractivity contribution >= 4 is 21.8 Å². The van der Waals surface area contributed by atoms with Gasteiger partial charge in [-0.25, -0.2) is 0 Å². The van der Waals surface area contributed by atoms with E-state index in [9.17, 15) is 0 Å². The summed E-state index contributed by atoms with van der Waals surface area (Å²) in [6.07, 6.45) is 4.20. The normalized spacial score (nSPS) is 29.6. The van der Waals surface area contributed by atoms with Crippen LogP contribution in [0.3, 0.4) is 0 Å². The number of para-hydroxylation sites is 1. The van der Waals surface area contributed by atoms with Crippen LogP contribution in [0.15, 0.2) is 42.5 Å². The molecule has 2 aromatic carbocycles. The molecule has 2 aliphatic rings. The molecule has 2 heterocycles. The monoisotopic (exact) mass is 361 g/mol. The van der Waals surface area contributed by atoms with Crippen molar-refractivity contribution < 1.29 is 4.90 Å². The van der Waals surface area contributed by atoms with Crippen LogP contribution in [0.25, 0.3) is 21.8 Å². The van der Waals surface area contributed by atoms with Crippen LogP contribution in [0.5, 0.6) is 0 Å². The van der Waals surface area contributed by atoms with E-state index in [1.165, 1.54) is 59.7 Å². The number of hydrogen-bond donors (Lipinski definition) is 1. The maximum atomic E-state index is 2.53. The molecule has 142 valence electrons. The van der Waals surface area contributed by atoms with Gasteiger partial charge in [0.2, 0.25) is 0 Å². The van der Waals surface area contributed by atoms with E-state index in [-0.39, 0.29) is 0 Å². The van der Waals surface area contributed by atoms with E-state index in [1.54, 1.807) is 0 Å². The van der Waals surface area contributed by atoms with Crippen molar-refractivity contribution in [3.63, 3.8) is 0 Å². The first kappa shape index (κ1) is 17.3. The molecule has 0 amide bonds. The number of quaternary nitrogens is 1. The lowest BCUT2D eigenvalue weighted by Gasteiger charge is -2.37. The Bertz CT molecular complexity index is 1010. The third-order valence-electron chi connectivity index (χ3n) is 7.26. The Balaban J connectivity index is 1.51. The Labute approximate surface area is 163 Å². The lowest BCUT2D eigenvalue weighted by atomic mass is 9.65. The van der Waals surface area contributed by atoms with Gasteiger partial charge in [-0.05, 0) is 37.0 Å². The molecule has 2 fully saturated rings. The second-order valence-electron chi connectivity index (χ2n) is 10.4. The molecule has 1 aromatic heterocycles. The molecule has 1 saturated heterocycles. The maximum Gasteiger partial charge on any atom is 0.103 e. The largest absolute Gasteiger partial charge is 0.341 e. The van der Waals surface area contributed by atoms with Gasteiger partial charge in [-0.2, -0.15) is 0 Å². The van der Waals surface area contributed by atoms with E-state index in [0.29, 0.717) is 10.8 Å². The van der Waals surface area contributed by atoms with E-state index in [0.717, 1.165) is 12.6 Å². The molecule has 1 unspecified atom stereocenters. The third-order valence-corrected chi connectivity index (χ3v) is 7.26. The van der Waals surface area contributed by atoms with Crippen LogP contribution in [0.2, 0.25) is 0 Å². The number of fused-ring (bicyclic) bond motifs is 5. The minimum Gasteiger partial charge on any atom is -0.341 e. The van der Waals surface area contributed by atoms with Crippen LogP contribution in [-0.2, 0) is 13.1 Å². The van der Waals surface area contributed by atoms with Gasteiger partial charge in [0.25, 0.3) is 0 Å². The summed E-state index contributed by atoms with van der Waals surface area (Å²) >= 11 is 0. The standard InChI is InChI=1S/C25H32N2/c1-5-27-22-9-7-6-8-20(22)21-12-18(10-11-23(21)27)15-26-17-25(4)14-19(26)13-24(2,3)16-25/h6-12,19H,5,13-17H2,1-4H3/p+1/t19-,25-/m0/s1. The quantitative estimate of drug-likeness (QED) is 0.686. The van der Waals surface area contributed by atoms with E-state index in [2.05, 4.69) is 74.7 Å². The molecule has 5 rings (SSSR count). The smallest absolute Gasteiger partial charge is 0.103 e. The van der Waals surface area contributed by atoms with Crippen LogP contribution in [-0.4, -0.2) is 17.2 Å². The zero-order valence-electron chi connectivity index (χ0n) is 17.3. The molecule has 1 N–H and O–H groups in total. The highest BCUT2D eigenvalue weighted by Gasteiger charge is 2.52. The summed E-state index contributed by atoms with van der Waals surface area (Å²) in [6, 6.07) is 16.9. The molecular formula is C25H33N2+. The molecule has 0 radical (unpaired) electrons. The highest BCUT2D eigenvalue weighted by molar-refractivity contribution is 6.08. The van der Waals surface area contributed by atoms with E-state index in [4.69, 9.17) is 0 Å². The van der Waals surface area contributed by atoms with Gasteiger partial charge in [0, 0.05) is 52.2 Å². The van der Waals surface area contributed by atoms with Gasteiger partial charge in [-0.3, -0.25) is 0 Å². The molecule has 3 aromatic rings. The summed E-state index contributed by atoms with van der Waals surface area (Å²) < 4.78 is 2.45. The topological polar surface area (TPSA) is 9.37 Å². The highest BCUT2D eigenvalue weighted by atomic mass is 15.2. The second kappa shape index (κ2) is 5.85. The Morgan fingerprint density at radius 2 is 1.78 bits per heavy atom. The molecule has 0 spiro atoms. The van der Waals surface area contributed by atoms with Gasteiger partial charge >= 0.3 is 0 Å². The fourth-order valence-electron chi connectivity index (χ4n) is 6.77. The van der Waals surface area contributed by atoms with Crippen molar-refractivity contribution in [1.29, 1.82) is 0 Å². The van der Waals surface area contributed by atoms with Crippen LogP contribution in [0.1, 0.15) is 52.5 Å². The summed E-state index contributed by atoms with van der Waals surface area (Å²) in [5.74, 6) is 0. The Morgan fingerprint density at radius 3 is 2.59 bits per heavy atom. The van der Waals surface area contributed by atoms with Crippen molar-refractivity contribution in [1.82, 2.24) is 4.57 Å². The third kappa shape index (κ3) is 2.81. The SMILES string of the molecule is CCn1c2ccccc2c2cc(C[NH+]3C[C@@]4(C)C[C@@H]3CC(C)(C)C4)ccc21. The van der Waals surface area contributed by atoms with E-state index >= 15 is 0 Å². The number of aromatic nitrogens is 1. The summed E-state index contributed by atoms with van der Waals surface area (Å²) in [6.45, 7) is 13.3. The number of likely N-dealkylation sites (tertiary alicyclic amines) is 1.